The molecule has 2 aromatic heterocycles. The predicted octanol–water partition coefficient (Wildman–Crippen LogP) is 12.7. The SMILES string of the molecule is CC1C=CC(c2nc(-c3ccc(-c4ccccc4)c(C4C=CC=C5C=CC=CC54)c3)nc(-c3cccc4oc5c(-c6ccccc6)cccc5c34)n2)=CC1. The van der Waals surface area contributed by atoms with Gasteiger partial charge in [-0.3, -0.25) is 0 Å². The molecular weight excluding hydrogens is 659 g/mol. The van der Waals surface area contributed by atoms with Crippen LogP contribution in [0.25, 0.3) is 72.5 Å². The maximum Gasteiger partial charge on any atom is 0.164 e. The number of furan rings is 1. The van der Waals surface area contributed by atoms with E-state index >= 15 is 0 Å². The zero-order valence-electron chi connectivity index (χ0n) is 29.9. The highest BCUT2D eigenvalue weighted by molar-refractivity contribution is 6.15. The highest BCUT2D eigenvalue weighted by atomic mass is 16.3. The van der Waals surface area contributed by atoms with E-state index in [1.165, 1.54) is 22.3 Å². The zero-order valence-corrected chi connectivity index (χ0v) is 29.9. The number of allylic oxidation sites excluding steroid dienone is 12. The highest BCUT2D eigenvalue weighted by Gasteiger charge is 2.28. The first-order valence-corrected chi connectivity index (χ1v) is 18.8. The molecule has 2 heterocycles. The lowest BCUT2D eigenvalue weighted by atomic mass is 9.74. The van der Waals surface area contributed by atoms with E-state index in [1.807, 2.05) is 18.2 Å². The maximum absolute atomic E-state index is 6.64. The summed E-state index contributed by atoms with van der Waals surface area (Å²) < 4.78 is 6.64. The molecule has 0 saturated carbocycles. The minimum Gasteiger partial charge on any atom is -0.455 e. The van der Waals surface area contributed by atoms with Crippen LogP contribution >= 0.6 is 0 Å². The van der Waals surface area contributed by atoms with Gasteiger partial charge >= 0.3 is 0 Å². The van der Waals surface area contributed by atoms with E-state index in [-0.39, 0.29) is 11.8 Å². The van der Waals surface area contributed by atoms with Crippen LogP contribution in [-0.4, -0.2) is 15.0 Å². The molecule has 0 amide bonds. The van der Waals surface area contributed by atoms with Crippen molar-refractivity contribution in [2.45, 2.75) is 19.3 Å². The van der Waals surface area contributed by atoms with Crippen molar-refractivity contribution in [2.75, 3.05) is 0 Å². The summed E-state index contributed by atoms with van der Waals surface area (Å²) in [5.74, 6) is 2.81. The van der Waals surface area contributed by atoms with Crippen LogP contribution < -0.4 is 0 Å². The minimum absolute atomic E-state index is 0.150. The molecule has 0 spiro atoms. The lowest BCUT2D eigenvalue weighted by Gasteiger charge is -2.30. The Morgan fingerprint density at radius 3 is 2.13 bits per heavy atom. The summed E-state index contributed by atoms with van der Waals surface area (Å²) in [6.45, 7) is 2.23. The molecule has 4 heteroatoms. The largest absolute Gasteiger partial charge is 0.455 e. The average molecular weight is 696 g/mol. The first kappa shape index (κ1) is 32.0. The fourth-order valence-electron chi connectivity index (χ4n) is 8.15. The highest BCUT2D eigenvalue weighted by Crippen LogP contribution is 2.44. The lowest BCUT2D eigenvalue weighted by Crippen LogP contribution is -2.15. The molecule has 5 aromatic carbocycles. The molecular formula is C50H37N3O. The average Bonchev–Trinajstić information content (AvgIpc) is 3.63. The molecule has 3 unspecified atom stereocenters. The van der Waals surface area contributed by atoms with Crippen LogP contribution in [0.1, 0.15) is 30.7 Å². The topological polar surface area (TPSA) is 51.8 Å². The third kappa shape index (κ3) is 5.68. The van der Waals surface area contributed by atoms with Gasteiger partial charge in [-0.2, -0.15) is 0 Å². The third-order valence-corrected chi connectivity index (χ3v) is 10.9. The molecule has 4 nitrogen and oxygen atoms in total. The summed E-state index contributed by atoms with van der Waals surface area (Å²) in [5, 5.41) is 2.03. The molecule has 7 aromatic rings. The van der Waals surface area contributed by atoms with Gasteiger partial charge in [0.1, 0.15) is 11.2 Å². The fourth-order valence-corrected chi connectivity index (χ4v) is 8.15. The third-order valence-electron chi connectivity index (χ3n) is 10.9. The van der Waals surface area contributed by atoms with Crippen molar-refractivity contribution in [2.24, 2.45) is 11.8 Å². The second-order valence-corrected chi connectivity index (χ2v) is 14.4. The molecule has 3 aliphatic carbocycles. The summed E-state index contributed by atoms with van der Waals surface area (Å²) in [5.41, 5.74) is 11.7. The zero-order chi connectivity index (χ0) is 36.0. The van der Waals surface area contributed by atoms with Crippen molar-refractivity contribution in [3.05, 3.63) is 193 Å². The van der Waals surface area contributed by atoms with Crippen molar-refractivity contribution >= 4 is 27.5 Å². The van der Waals surface area contributed by atoms with E-state index in [0.717, 1.165) is 56.2 Å². The van der Waals surface area contributed by atoms with Gasteiger partial charge in [-0.05, 0) is 52.3 Å². The second kappa shape index (κ2) is 13.4. The fraction of sp³-hybridized carbons (Fsp3) is 0.100. The van der Waals surface area contributed by atoms with E-state index in [9.17, 15) is 0 Å². The number of nitrogens with zero attached hydrogens (tertiary/aromatic N) is 3. The summed E-state index contributed by atoms with van der Waals surface area (Å²) in [4.78, 5) is 15.7. The Hall–Kier alpha value is -6.65. The molecule has 0 radical (unpaired) electrons. The molecule has 0 N–H and O–H groups in total. The number of benzene rings is 5. The quantitative estimate of drug-likeness (QED) is 0.174. The Morgan fingerprint density at radius 1 is 0.574 bits per heavy atom. The Bertz CT molecular complexity index is 2760. The van der Waals surface area contributed by atoms with E-state index in [2.05, 4.69) is 165 Å². The number of hydrogen-bond donors (Lipinski definition) is 0. The molecule has 258 valence electrons. The number of hydrogen-bond acceptors (Lipinski definition) is 4. The normalized spacial score (nSPS) is 18.9. The monoisotopic (exact) mass is 695 g/mol. The smallest absolute Gasteiger partial charge is 0.164 e. The van der Waals surface area contributed by atoms with Crippen LogP contribution in [0.4, 0.5) is 0 Å². The molecule has 0 aliphatic heterocycles. The Labute approximate surface area is 315 Å². The molecule has 3 aliphatic rings. The molecule has 0 bridgehead atoms. The van der Waals surface area contributed by atoms with E-state index in [0.29, 0.717) is 23.4 Å². The summed E-state index contributed by atoms with van der Waals surface area (Å²) in [7, 11) is 0. The first-order chi connectivity index (χ1) is 26.7. The minimum atomic E-state index is 0.150. The van der Waals surface area contributed by atoms with Gasteiger partial charge in [0.25, 0.3) is 0 Å². The van der Waals surface area contributed by atoms with Crippen LogP contribution in [0.15, 0.2) is 186 Å². The number of aromatic nitrogens is 3. The maximum atomic E-state index is 6.64. The van der Waals surface area contributed by atoms with E-state index in [4.69, 9.17) is 19.4 Å². The predicted molar refractivity (Wildman–Crippen MR) is 221 cm³/mol. The molecule has 3 atom stereocenters. The second-order valence-electron chi connectivity index (χ2n) is 14.4. The number of para-hydroxylation sites is 1. The standard InChI is InChI=1S/C50H37N3O/c1-32-25-27-36(28-26-32)48-51-49(37-29-30-39(33-13-4-2-5-14-33)44(31-37)41-21-10-18-34-17-8-9-19-38(34)41)53-50(52-48)43-23-12-24-45-46(43)42-22-11-20-40(47(42)54-45)35-15-6-3-7-16-35/h2-25,27-32,38,41H,26H2,1H3. The first-order valence-electron chi connectivity index (χ1n) is 18.8. The van der Waals surface area contributed by atoms with Crippen LogP contribution in [0.2, 0.25) is 0 Å². The number of rotatable bonds is 6. The van der Waals surface area contributed by atoms with Crippen molar-refractivity contribution in [3.63, 3.8) is 0 Å². The number of fused-ring (bicyclic) bond motifs is 4. The van der Waals surface area contributed by atoms with E-state index in [1.54, 1.807) is 0 Å². The van der Waals surface area contributed by atoms with Gasteiger partial charge in [0.05, 0.1) is 0 Å². The molecule has 0 saturated heterocycles. The van der Waals surface area contributed by atoms with Gasteiger partial charge in [0, 0.05) is 44.9 Å². The van der Waals surface area contributed by atoms with Crippen LogP contribution in [0.5, 0.6) is 0 Å². The van der Waals surface area contributed by atoms with Gasteiger partial charge in [0.2, 0.25) is 0 Å². The summed E-state index contributed by atoms with van der Waals surface area (Å²) >= 11 is 0. The van der Waals surface area contributed by atoms with Crippen molar-refractivity contribution in [1.29, 1.82) is 0 Å². The van der Waals surface area contributed by atoms with Crippen LogP contribution in [0, 0.1) is 11.8 Å². The molecule has 0 fully saturated rings. The van der Waals surface area contributed by atoms with Gasteiger partial charge in [-0.1, -0.05) is 171 Å². The van der Waals surface area contributed by atoms with Gasteiger partial charge in [-0.15, -0.1) is 0 Å². The lowest BCUT2D eigenvalue weighted by molar-refractivity contribution is 0.670. The summed E-state index contributed by atoms with van der Waals surface area (Å²) in [6, 6.07) is 40.3. The van der Waals surface area contributed by atoms with Gasteiger partial charge < -0.3 is 4.42 Å². The van der Waals surface area contributed by atoms with Gasteiger partial charge in [0.15, 0.2) is 17.5 Å². The Balaban J connectivity index is 1.18. The molecule has 10 rings (SSSR count). The van der Waals surface area contributed by atoms with Crippen molar-refractivity contribution in [3.8, 4) is 45.0 Å². The Kier molecular flexibility index (Phi) is 7.95. The van der Waals surface area contributed by atoms with Crippen LogP contribution in [0.3, 0.4) is 0 Å². The molecule has 54 heavy (non-hydrogen) atoms. The van der Waals surface area contributed by atoms with Gasteiger partial charge in [-0.25, -0.2) is 15.0 Å². The van der Waals surface area contributed by atoms with Crippen LogP contribution in [-0.2, 0) is 0 Å². The Morgan fingerprint density at radius 2 is 1.31 bits per heavy atom. The van der Waals surface area contributed by atoms with Crippen molar-refractivity contribution in [1.82, 2.24) is 15.0 Å². The van der Waals surface area contributed by atoms with Crippen molar-refractivity contribution < 1.29 is 4.42 Å². The summed E-state index contributed by atoms with van der Waals surface area (Å²) in [6.07, 6.45) is 23.2. The van der Waals surface area contributed by atoms with E-state index < -0.39 is 0 Å².